The highest BCUT2D eigenvalue weighted by molar-refractivity contribution is 8.01. The lowest BCUT2D eigenvalue weighted by molar-refractivity contribution is 0.0174. The van der Waals surface area contributed by atoms with Gasteiger partial charge in [-0.2, -0.15) is 0 Å². The van der Waals surface area contributed by atoms with Crippen LogP contribution in [0.4, 0.5) is 0 Å². The summed E-state index contributed by atoms with van der Waals surface area (Å²) in [5.41, 5.74) is 0. The van der Waals surface area contributed by atoms with Crippen LogP contribution in [0.2, 0.25) is 0 Å². The molecule has 0 aliphatic heterocycles. The van der Waals surface area contributed by atoms with E-state index in [0.717, 1.165) is 35.5 Å². The van der Waals surface area contributed by atoms with Gasteiger partial charge in [-0.15, -0.1) is 0 Å². The van der Waals surface area contributed by atoms with Crippen LogP contribution in [0.5, 0.6) is 0 Å². The van der Waals surface area contributed by atoms with E-state index in [2.05, 4.69) is 6.92 Å². The summed E-state index contributed by atoms with van der Waals surface area (Å²) in [4.78, 5) is 0. The molecule has 0 heterocycles. The number of hydrogen-bond donors (Lipinski definition) is 0. The van der Waals surface area contributed by atoms with Crippen molar-refractivity contribution in [3.63, 3.8) is 0 Å². The van der Waals surface area contributed by atoms with Crippen molar-refractivity contribution in [2.45, 2.75) is 107 Å². The molecule has 2 heteroatoms. The van der Waals surface area contributed by atoms with Crippen LogP contribution in [0, 0.1) is 35.5 Å². The van der Waals surface area contributed by atoms with Gasteiger partial charge in [-0.05, 0) is 119 Å². The normalized spacial score (nSPS) is 56.1. The van der Waals surface area contributed by atoms with Crippen molar-refractivity contribution in [1.82, 2.24) is 0 Å². The van der Waals surface area contributed by atoms with Gasteiger partial charge in [-0.3, -0.25) is 0 Å². The van der Waals surface area contributed by atoms with Gasteiger partial charge in [0.1, 0.15) is 6.62 Å². The predicted octanol–water partition coefficient (Wildman–Crippen LogP) is 7.90. The molecular formula is C24H39ClP+. The van der Waals surface area contributed by atoms with Gasteiger partial charge in [0.2, 0.25) is 0 Å². The average molecular weight is 394 g/mol. The highest BCUT2D eigenvalue weighted by atomic mass is 35.7. The lowest BCUT2D eigenvalue weighted by atomic mass is 9.55. The molecule has 0 unspecified atom stereocenters. The van der Waals surface area contributed by atoms with E-state index in [1.165, 1.54) is 19.0 Å². The van der Waals surface area contributed by atoms with Crippen molar-refractivity contribution < 1.29 is 0 Å². The van der Waals surface area contributed by atoms with Crippen LogP contribution in [-0.2, 0) is 0 Å². The highest BCUT2D eigenvalue weighted by Gasteiger charge is 2.75. The second kappa shape index (κ2) is 5.88. The Morgan fingerprint density at radius 2 is 0.962 bits per heavy atom. The van der Waals surface area contributed by atoms with E-state index in [1.807, 2.05) is 0 Å². The minimum absolute atomic E-state index is 0.629. The van der Waals surface area contributed by atoms with Gasteiger partial charge < -0.3 is 0 Å². The van der Waals surface area contributed by atoms with Crippen LogP contribution >= 0.6 is 17.9 Å². The average Bonchev–Trinajstić information content (AvgIpc) is 2.57. The maximum absolute atomic E-state index is 8.27. The zero-order valence-electron chi connectivity index (χ0n) is 16.9. The van der Waals surface area contributed by atoms with Gasteiger partial charge >= 0.3 is 0 Å². The van der Waals surface area contributed by atoms with E-state index in [0.29, 0.717) is 10.3 Å². The minimum Gasteiger partial charge on any atom is -0.0652 e. The molecule has 0 aromatic carbocycles. The molecule has 0 spiro atoms. The van der Waals surface area contributed by atoms with Gasteiger partial charge in [-0.25, -0.2) is 0 Å². The summed E-state index contributed by atoms with van der Waals surface area (Å²) in [5.74, 6) is 6.39. The molecule has 0 aromatic heterocycles. The molecule has 0 aromatic rings. The molecule has 8 bridgehead atoms. The SMILES string of the molecule is CCCC[P+](Cl)(C12CC3CC(CC(C3)C1)C2)C12CC3CC(CC(C3)C1)C2. The highest BCUT2D eigenvalue weighted by Crippen LogP contribution is 2.91. The topological polar surface area (TPSA) is 0 Å². The molecule has 8 rings (SSSR count). The third kappa shape index (κ3) is 2.30. The molecule has 0 amide bonds. The van der Waals surface area contributed by atoms with E-state index < -0.39 is 6.62 Å². The summed E-state index contributed by atoms with van der Waals surface area (Å²) < 4.78 is 0. The van der Waals surface area contributed by atoms with Crippen molar-refractivity contribution >= 4 is 17.9 Å². The van der Waals surface area contributed by atoms with Crippen LogP contribution in [-0.4, -0.2) is 16.5 Å². The maximum atomic E-state index is 8.27. The molecule has 0 N–H and O–H groups in total. The van der Waals surface area contributed by atoms with Crippen molar-refractivity contribution in [2.24, 2.45) is 35.5 Å². The summed E-state index contributed by atoms with van der Waals surface area (Å²) in [6, 6.07) is 0. The first-order valence-corrected chi connectivity index (χ1v) is 15.0. The molecule has 26 heavy (non-hydrogen) atoms. The fourth-order valence-electron chi connectivity index (χ4n) is 10.4. The lowest BCUT2D eigenvalue weighted by Gasteiger charge is -2.65. The minimum atomic E-state index is -1.41. The fourth-order valence-corrected chi connectivity index (χ4v) is 17.9. The quantitative estimate of drug-likeness (QED) is 0.416. The molecule has 8 saturated carbocycles. The molecular weight excluding hydrogens is 355 g/mol. The Morgan fingerprint density at radius 3 is 1.23 bits per heavy atom. The summed E-state index contributed by atoms with van der Waals surface area (Å²) in [6.07, 6.45) is 23.0. The molecule has 0 nitrogen and oxygen atoms in total. The monoisotopic (exact) mass is 393 g/mol. The number of halogens is 1. The first-order valence-electron chi connectivity index (χ1n) is 12.1. The Hall–Kier alpha value is 0.720. The Labute approximate surface area is 166 Å². The Morgan fingerprint density at radius 1 is 0.654 bits per heavy atom. The molecule has 8 fully saturated rings. The second-order valence-electron chi connectivity index (χ2n) is 12.1. The third-order valence-corrected chi connectivity index (χ3v) is 18.0. The number of unbranched alkanes of at least 4 members (excludes halogenated alkanes) is 1. The van der Waals surface area contributed by atoms with E-state index in [1.54, 1.807) is 77.0 Å². The smallest absolute Gasteiger partial charge is 0.0652 e. The zero-order chi connectivity index (χ0) is 17.6. The third-order valence-electron chi connectivity index (χ3n) is 10.3. The Bertz CT molecular complexity index is 466. The summed E-state index contributed by atoms with van der Waals surface area (Å²) in [5, 5.41) is 1.26. The van der Waals surface area contributed by atoms with Gasteiger partial charge in [0.05, 0.1) is 27.7 Å². The second-order valence-corrected chi connectivity index (χ2v) is 17.6. The molecule has 8 aliphatic carbocycles. The van der Waals surface area contributed by atoms with Gasteiger partial charge in [0.25, 0.3) is 0 Å². The van der Waals surface area contributed by atoms with Crippen LogP contribution in [0.1, 0.15) is 96.8 Å². The predicted molar refractivity (Wildman–Crippen MR) is 114 cm³/mol. The first-order chi connectivity index (χ1) is 12.5. The van der Waals surface area contributed by atoms with E-state index in [4.69, 9.17) is 11.2 Å². The molecule has 146 valence electrons. The zero-order valence-corrected chi connectivity index (χ0v) is 18.5. The van der Waals surface area contributed by atoms with Crippen molar-refractivity contribution in [3.05, 3.63) is 0 Å². The van der Waals surface area contributed by atoms with E-state index in [9.17, 15) is 0 Å². The molecule has 0 atom stereocenters. The van der Waals surface area contributed by atoms with E-state index >= 15 is 0 Å². The first kappa shape index (κ1) is 17.6. The summed E-state index contributed by atoms with van der Waals surface area (Å²) >= 11 is 8.27. The van der Waals surface area contributed by atoms with Crippen LogP contribution < -0.4 is 0 Å². The van der Waals surface area contributed by atoms with Crippen molar-refractivity contribution in [2.75, 3.05) is 6.16 Å². The fraction of sp³-hybridized carbons (Fsp3) is 1.00. The van der Waals surface area contributed by atoms with E-state index in [-0.39, 0.29) is 0 Å². The molecule has 0 saturated heterocycles. The Kier molecular flexibility index (Phi) is 3.97. The molecule has 8 aliphatic rings. The number of rotatable bonds is 5. The van der Waals surface area contributed by atoms with Gasteiger partial charge in [-0.1, -0.05) is 13.3 Å². The van der Waals surface area contributed by atoms with Gasteiger partial charge in [0, 0.05) is 0 Å². The maximum Gasteiger partial charge on any atom is 0.125 e. The van der Waals surface area contributed by atoms with Crippen LogP contribution in [0.25, 0.3) is 0 Å². The summed E-state index contributed by atoms with van der Waals surface area (Å²) in [7, 11) is 0. The van der Waals surface area contributed by atoms with Gasteiger partial charge in [0.15, 0.2) is 0 Å². The van der Waals surface area contributed by atoms with Crippen LogP contribution in [0.3, 0.4) is 0 Å². The summed E-state index contributed by atoms with van der Waals surface area (Å²) in [6.45, 7) is 0.991. The Balaban J connectivity index is 1.42. The van der Waals surface area contributed by atoms with Crippen LogP contribution in [0.15, 0.2) is 0 Å². The van der Waals surface area contributed by atoms with Crippen molar-refractivity contribution in [3.8, 4) is 0 Å². The lowest BCUT2D eigenvalue weighted by Crippen LogP contribution is -2.59. The molecule has 0 radical (unpaired) electrons. The standard InChI is InChI=1S/C24H39ClP/c1-2-3-4-26(25,23-11-17-5-18(12-23)7-19(6-17)13-23)24-14-20-8-21(15-24)10-22(9-20)16-24/h17-22H,2-16H2,1H3/q+1. The van der Waals surface area contributed by atoms with Crippen molar-refractivity contribution in [1.29, 1.82) is 0 Å². The number of hydrogen-bond acceptors (Lipinski definition) is 0. The largest absolute Gasteiger partial charge is 0.125 e.